The molecule has 4 rings (SSSR count). The van der Waals surface area contributed by atoms with Gasteiger partial charge in [0.05, 0.1) is 5.75 Å². The number of thioether (sulfide) groups is 1. The van der Waals surface area contributed by atoms with Gasteiger partial charge in [0, 0.05) is 37.1 Å². The number of carbonyl (C=O) groups excluding carboxylic acids is 1. The fourth-order valence-electron chi connectivity index (χ4n) is 4.22. The number of aromatic nitrogens is 4. The fourth-order valence-corrected chi connectivity index (χ4v) is 5.13. The lowest BCUT2D eigenvalue weighted by Gasteiger charge is -2.30. The average molecular weight is 400 g/mol. The summed E-state index contributed by atoms with van der Waals surface area (Å²) in [5.41, 5.74) is 1.04. The maximum Gasteiger partial charge on any atom is 0.233 e. The molecule has 2 aromatic heterocycles. The van der Waals surface area contributed by atoms with Crippen LogP contribution in [0, 0.1) is 5.92 Å². The first kappa shape index (κ1) is 19.4. The molecule has 28 heavy (non-hydrogen) atoms. The fraction of sp³-hybridized carbons (Fsp3) is 0.619. The zero-order chi connectivity index (χ0) is 19.3. The molecule has 1 saturated carbocycles. The SMILES string of the molecule is CC1CCN(C(=O)CSc2nnc(-c3ccncc3)n2C2CCCCC2)CC1. The Balaban J connectivity index is 1.51. The van der Waals surface area contributed by atoms with Gasteiger partial charge in [-0.2, -0.15) is 0 Å². The smallest absolute Gasteiger partial charge is 0.233 e. The molecule has 0 bridgehead atoms. The van der Waals surface area contributed by atoms with Crippen LogP contribution in [-0.2, 0) is 4.79 Å². The maximum atomic E-state index is 12.7. The first-order valence-electron chi connectivity index (χ1n) is 10.5. The summed E-state index contributed by atoms with van der Waals surface area (Å²) in [6.07, 6.45) is 11.9. The highest BCUT2D eigenvalue weighted by molar-refractivity contribution is 7.99. The van der Waals surface area contributed by atoms with E-state index in [9.17, 15) is 4.79 Å². The first-order chi connectivity index (χ1) is 13.7. The van der Waals surface area contributed by atoms with Crippen LogP contribution in [0.4, 0.5) is 0 Å². The Morgan fingerprint density at radius 2 is 1.79 bits per heavy atom. The van der Waals surface area contributed by atoms with E-state index >= 15 is 0 Å². The molecule has 7 heteroatoms. The summed E-state index contributed by atoms with van der Waals surface area (Å²) in [5.74, 6) is 2.29. The number of hydrogen-bond donors (Lipinski definition) is 0. The number of nitrogens with zero attached hydrogens (tertiary/aromatic N) is 5. The molecule has 0 atom stereocenters. The van der Waals surface area contributed by atoms with E-state index in [1.165, 1.54) is 19.3 Å². The number of pyridine rings is 1. The van der Waals surface area contributed by atoms with Crippen molar-refractivity contribution in [3.05, 3.63) is 24.5 Å². The minimum atomic E-state index is 0.223. The molecule has 6 nitrogen and oxygen atoms in total. The Labute approximate surface area is 171 Å². The van der Waals surface area contributed by atoms with Crippen LogP contribution < -0.4 is 0 Å². The topological polar surface area (TPSA) is 63.9 Å². The second-order valence-electron chi connectivity index (χ2n) is 8.06. The van der Waals surface area contributed by atoms with Crippen molar-refractivity contribution in [1.29, 1.82) is 0 Å². The predicted molar refractivity (Wildman–Crippen MR) is 111 cm³/mol. The van der Waals surface area contributed by atoms with E-state index in [2.05, 4.69) is 26.7 Å². The van der Waals surface area contributed by atoms with E-state index in [-0.39, 0.29) is 5.91 Å². The van der Waals surface area contributed by atoms with E-state index in [0.717, 1.165) is 61.2 Å². The molecule has 1 aliphatic heterocycles. The highest BCUT2D eigenvalue weighted by atomic mass is 32.2. The van der Waals surface area contributed by atoms with Crippen molar-refractivity contribution in [3.63, 3.8) is 0 Å². The Morgan fingerprint density at radius 1 is 1.07 bits per heavy atom. The van der Waals surface area contributed by atoms with Gasteiger partial charge in [-0.25, -0.2) is 0 Å². The van der Waals surface area contributed by atoms with Crippen LogP contribution in [0.2, 0.25) is 0 Å². The van der Waals surface area contributed by atoms with Crippen LogP contribution in [0.1, 0.15) is 57.9 Å². The number of rotatable bonds is 5. The van der Waals surface area contributed by atoms with Crippen molar-refractivity contribution in [2.24, 2.45) is 5.92 Å². The lowest BCUT2D eigenvalue weighted by molar-refractivity contribution is -0.129. The Hall–Kier alpha value is -1.89. The summed E-state index contributed by atoms with van der Waals surface area (Å²) in [6.45, 7) is 4.04. The number of piperidine rings is 1. The van der Waals surface area contributed by atoms with Crippen molar-refractivity contribution >= 4 is 17.7 Å². The third kappa shape index (κ3) is 4.40. The second kappa shape index (κ2) is 9.07. The Morgan fingerprint density at radius 3 is 2.50 bits per heavy atom. The number of amides is 1. The van der Waals surface area contributed by atoms with Gasteiger partial charge in [0.25, 0.3) is 0 Å². The molecule has 0 spiro atoms. The van der Waals surface area contributed by atoms with Gasteiger partial charge >= 0.3 is 0 Å². The molecule has 1 saturated heterocycles. The van der Waals surface area contributed by atoms with Gasteiger partial charge < -0.3 is 4.90 Å². The highest BCUT2D eigenvalue weighted by Gasteiger charge is 2.25. The molecule has 1 aliphatic carbocycles. The first-order valence-corrected chi connectivity index (χ1v) is 11.5. The van der Waals surface area contributed by atoms with Crippen LogP contribution in [0.3, 0.4) is 0 Å². The summed E-state index contributed by atoms with van der Waals surface area (Å²) in [4.78, 5) is 18.8. The molecule has 150 valence electrons. The molecule has 0 aromatic carbocycles. The lowest BCUT2D eigenvalue weighted by atomic mass is 9.95. The number of carbonyl (C=O) groups is 1. The van der Waals surface area contributed by atoms with Crippen LogP contribution in [0.5, 0.6) is 0 Å². The molecule has 2 aromatic rings. The lowest BCUT2D eigenvalue weighted by Crippen LogP contribution is -2.39. The van der Waals surface area contributed by atoms with E-state index in [1.54, 1.807) is 24.2 Å². The Kier molecular flexibility index (Phi) is 6.29. The molecule has 0 unspecified atom stereocenters. The zero-order valence-corrected chi connectivity index (χ0v) is 17.4. The van der Waals surface area contributed by atoms with Crippen molar-refractivity contribution < 1.29 is 4.79 Å². The molecular weight excluding hydrogens is 370 g/mol. The number of hydrogen-bond acceptors (Lipinski definition) is 5. The van der Waals surface area contributed by atoms with Crippen LogP contribution in [-0.4, -0.2) is 49.4 Å². The molecule has 3 heterocycles. The van der Waals surface area contributed by atoms with Crippen molar-refractivity contribution in [1.82, 2.24) is 24.6 Å². The minimum Gasteiger partial charge on any atom is -0.342 e. The summed E-state index contributed by atoms with van der Waals surface area (Å²) in [5, 5.41) is 9.86. The van der Waals surface area contributed by atoms with E-state index < -0.39 is 0 Å². The summed E-state index contributed by atoms with van der Waals surface area (Å²) in [6, 6.07) is 4.38. The largest absolute Gasteiger partial charge is 0.342 e. The van der Waals surface area contributed by atoms with Crippen LogP contribution in [0.25, 0.3) is 11.4 Å². The van der Waals surface area contributed by atoms with Crippen molar-refractivity contribution in [2.45, 2.75) is 63.1 Å². The van der Waals surface area contributed by atoms with E-state index in [1.807, 2.05) is 17.0 Å². The van der Waals surface area contributed by atoms with Gasteiger partial charge in [0.1, 0.15) is 0 Å². The molecule has 2 fully saturated rings. The molecular formula is C21H29N5OS. The molecule has 0 radical (unpaired) electrons. The normalized spacial score (nSPS) is 19.1. The van der Waals surface area contributed by atoms with Crippen LogP contribution >= 0.6 is 11.8 Å². The van der Waals surface area contributed by atoms with Crippen LogP contribution in [0.15, 0.2) is 29.7 Å². The monoisotopic (exact) mass is 399 g/mol. The molecule has 2 aliphatic rings. The van der Waals surface area contributed by atoms with Gasteiger partial charge in [-0.1, -0.05) is 37.9 Å². The van der Waals surface area contributed by atoms with Gasteiger partial charge in [0.2, 0.25) is 5.91 Å². The molecule has 1 amide bonds. The van der Waals surface area contributed by atoms with Gasteiger partial charge in [0.15, 0.2) is 11.0 Å². The standard InChI is InChI=1S/C21H29N5OS/c1-16-9-13-25(14-10-16)19(27)15-28-21-24-23-20(17-7-11-22-12-8-17)26(21)18-5-3-2-4-6-18/h7-8,11-12,16,18H,2-6,9-10,13-15H2,1H3. The van der Waals surface area contributed by atoms with Crippen molar-refractivity contribution in [3.8, 4) is 11.4 Å². The van der Waals surface area contributed by atoms with E-state index in [4.69, 9.17) is 0 Å². The number of likely N-dealkylation sites (tertiary alicyclic amines) is 1. The molecule has 0 N–H and O–H groups in total. The quantitative estimate of drug-likeness (QED) is 0.705. The summed E-state index contributed by atoms with van der Waals surface area (Å²) >= 11 is 1.54. The summed E-state index contributed by atoms with van der Waals surface area (Å²) in [7, 11) is 0. The second-order valence-corrected chi connectivity index (χ2v) is 9.00. The zero-order valence-electron chi connectivity index (χ0n) is 16.6. The van der Waals surface area contributed by atoms with Crippen molar-refractivity contribution in [2.75, 3.05) is 18.8 Å². The Bertz CT molecular complexity index is 779. The predicted octanol–water partition coefficient (Wildman–Crippen LogP) is 4.20. The minimum absolute atomic E-state index is 0.223. The van der Waals surface area contributed by atoms with Gasteiger partial charge in [-0.05, 0) is 43.7 Å². The highest BCUT2D eigenvalue weighted by Crippen LogP contribution is 2.35. The third-order valence-corrected chi connectivity index (χ3v) is 6.93. The summed E-state index contributed by atoms with van der Waals surface area (Å²) < 4.78 is 2.28. The maximum absolute atomic E-state index is 12.7. The third-order valence-electron chi connectivity index (χ3n) is 6.00. The van der Waals surface area contributed by atoms with E-state index in [0.29, 0.717) is 11.8 Å². The average Bonchev–Trinajstić information content (AvgIpc) is 3.18. The van der Waals surface area contributed by atoms with Gasteiger partial charge in [-0.15, -0.1) is 10.2 Å². The van der Waals surface area contributed by atoms with Gasteiger partial charge in [-0.3, -0.25) is 14.3 Å².